The van der Waals surface area contributed by atoms with Crippen molar-refractivity contribution in [2.45, 2.75) is 20.4 Å². The van der Waals surface area contributed by atoms with Gasteiger partial charge in [-0.3, -0.25) is 4.79 Å². The van der Waals surface area contributed by atoms with Gasteiger partial charge in [-0.2, -0.15) is 0 Å². The van der Waals surface area contributed by atoms with Crippen LogP contribution < -0.4 is 4.74 Å². The van der Waals surface area contributed by atoms with E-state index in [1.165, 1.54) is 0 Å². The predicted octanol–water partition coefficient (Wildman–Crippen LogP) is 2.62. The molecule has 0 saturated heterocycles. The molecule has 0 aliphatic heterocycles. The minimum atomic E-state index is 0.0152. The average Bonchev–Trinajstić information content (AvgIpc) is 2.32. The largest absolute Gasteiger partial charge is 0.494 e. The first-order valence-electron chi connectivity index (χ1n) is 5.77. The molecule has 0 N–H and O–H groups in total. The van der Waals surface area contributed by atoms with E-state index in [0.717, 1.165) is 11.3 Å². The zero-order valence-corrected chi connectivity index (χ0v) is 10.6. The number of nitrogens with zero attached hydrogens (tertiary/aromatic N) is 1. The molecule has 0 aromatic heterocycles. The van der Waals surface area contributed by atoms with Gasteiger partial charge in [0.05, 0.1) is 6.61 Å². The molecule has 1 aromatic carbocycles. The molecule has 0 aliphatic carbocycles. The first-order valence-corrected chi connectivity index (χ1v) is 5.77. The summed E-state index contributed by atoms with van der Waals surface area (Å²) in [5.74, 6) is 0.875. The number of carbonyl (C=O) groups excluding carboxylic acids is 1. The topological polar surface area (TPSA) is 29.5 Å². The van der Waals surface area contributed by atoms with Gasteiger partial charge in [0.1, 0.15) is 5.75 Å². The third-order valence-corrected chi connectivity index (χ3v) is 2.34. The van der Waals surface area contributed by atoms with Crippen LogP contribution >= 0.6 is 0 Å². The lowest BCUT2D eigenvalue weighted by atomic mass is 10.2. The van der Waals surface area contributed by atoms with Crippen LogP contribution in [0.4, 0.5) is 0 Å². The van der Waals surface area contributed by atoms with Gasteiger partial charge in [0.25, 0.3) is 0 Å². The Morgan fingerprint density at radius 1 is 1.35 bits per heavy atom. The highest BCUT2D eigenvalue weighted by molar-refractivity contribution is 5.87. The molecular weight excluding hydrogens is 214 g/mol. The van der Waals surface area contributed by atoms with E-state index >= 15 is 0 Å². The van der Waals surface area contributed by atoms with E-state index in [0.29, 0.717) is 13.2 Å². The minimum absolute atomic E-state index is 0.0152. The fourth-order valence-corrected chi connectivity index (χ4v) is 1.48. The monoisotopic (exact) mass is 233 g/mol. The highest BCUT2D eigenvalue weighted by atomic mass is 16.5. The minimum Gasteiger partial charge on any atom is -0.494 e. The van der Waals surface area contributed by atoms with Gasteiger partial charge < -0.3 is 9.64 Å². The summed E-state index contributed by atoms with van der Waals surface area (Å²) < 4.78 is 5.36. The van der Waals surface area contributed by atoms with Gasteiger partial charge in [0.15, 0.2) is 0 Å². The van der Waals surface area contributed by atoms with Crippen LogP contribution in [0, 0.1) is 0 Å². The number of benzene rings is 1. The van der Waals surface area contributed by atoms with Gasteiger partial charge in [-0.25, -0.2) is 0 Å². The second kappa shape index (κ2) is 6.74. The molecule has 1 rings (SSSR count). The van der Waals surface area contributed by atoms with Gasteiger partial charge in [-0.05, 0) is 37.6 Å². The maximum Gasteiger partial charge on any atom is 0.246 e. The van der Waals surface area contributed by atoms with Crippen molar-refractivity contribution in [3.05, 3.63) is 42.0 Å². The van der Waals surface area contributed by atoms with Crippen LogP contribution in [0.15, 0.2) is 36.4 Å². The molecule has 92 valence electrons. The van der Waals surface area contributed by atoms with E-state index in [9.17, 15) is 4.79 Å². The number of likely N-dealkylation sites (N-methyl/N-ethyl adjacent to an activating group) is 1. The van der Waals surface area contributed by atoms with Gasteiger partial charge in [0, 0.05) is 13.6 Å². The summed E-state index contributed by atoms with van der Waals surface area (Å²) in [6.07, 6.45) is 3.31. The summed E-state index contributed by atoms with van der Waals surface area (Å²) in [7, 11) is 1.79. The molecule has 17 heavy (non-hydrogen) atoms. The van der Waals surface area contributed by atoms with E-state index in [2.05, 4.69) is 0 Å². The number of hydrogen-bond acceptors (Lipinski definition) is 2. The highest BCUT2D eigenvalue weighted by Crippen LogP contribution is 2.13. The van der Waals surface area contributed by atoms with Gasteiger partial charge in [-0.1, -0.05) is 18.2 Å². The van der Waals surface area contributed by atoms with Crippen LogP contribution in [-0.4, -0.2) is 24.5 Å². The number of ether oxygens (including phenoxy) is 1. The summed E-state index contributed by atoms with van der Waals surface area (Å²) in [5.41, 5.74) is 1.09. The van der Waals surface area contributed by atoms with Crippen LogP contribution in [-0.2, 0) is 11.3 Å². The molecule has 0 atom stereocenters. The Bertz CT molecular complexity index is 382. The van der Waals surface area contributed by atoms with Crippen molar-refractivity contribution >= 4 is 5.91 Å². The molecule has 0 heterocycles. The van der Waals surface area contributed by atoms with Crippen LogP contribution in [0.1, 0.15) is 19.4 Å². The zero-order valence-electron chi connectivity index (χ0n) is 10.6. The smallest absolute Gasteiger partial charge is 0.246 e. The fourth-order valence-electron chi connectivity index (χ4n) is 1.48. The Hall–Kier alpha value is -1.77. The van der Waals surface area contributed by atoms with Gasteiger partial charge in [0.2, 0.25) is 5.91 Å². The fraction of sp³-hybridized carbons (Fsp3) is 0.357. The molecule has 0 spiro atoms. The molecule has 0 radical (unpaired) electrons. The zero-order chi connectivity index (χ0) is 12.7. The summed E-state index contributed by atoms with van der Waals surface area (Å²) in [6, 6.07) is 7.80. The lowest BCUT2D eigenvalue weighted by molar-refractivity contribution is -0.125. The summed E-state index contributed by atoms with van der Waals surface area (Å²) >= 11 is 0. The van der Waals surface area contributed by atoms with E-state index in [1.54, 1.807) is 24.1 Å². The van der Waals surface area contributed by atoms with E-state index < -0.39 is 0 Å². The molecule has 3 heteroatoms. The van der Waals surface area contributed by atoms with E-state index in [4.69, 9.17) is 4.74 Å². The number of rotatable bonds is 5. The van der Waals surface area contributed by atoms with Gasteiger partial charge >= 0.3 is 0 Å². The number of allylic oxidation sites excluding steroid dienone is 1. The standard InChI is InChI=1S/C14H19NO2/c1-4-6-14(16)15(3)11-12-7-9-13(10-8-12)17-5-2/h4,6-10H,5,11H2,1-3H3. The lowest BCUT2D eigenvalue weighted by Crippen LogP contribution is -2.24. The number of hydrogen-bond donors (Lipinski definition) is 0. The normalized spacial score (nSPS) is 10.5. The number of amides is 1. The van der Waals surface area contributed by atoms with E-state index in [1.807, 2.05) is 38.1 Å². The number of carbonyl (C=O) groups is 1. The Labute approximate surface area is 103 Å². The molecule has 0 aliphatic rings. The Morgan fingerprint density at radius 3 is 2.53 bits per heavy atom. The summed E-state index contributed by atoms with van der Waals surface area (Å²) in [5, 5.41) is 0. The molecule has 3 nitrogen and oxygen atoms in total. The third kappa shape index (κ3) is 4.31. The van der Waals surface area contributed by atoms with E-state index in [-0.39, 0.29) is 5.91 Å². The molecular formula is C14H19NO2. The van der Waals surface area contributed by atoms with Crippen molar-refractivity contribution < 1.29 is 9.53 Å². The first-order chi connectivity index (χ1) is 8.17. The lowest BCUT2D eigenvalue weighted by Gasteiger charge is -2.15. The van der Waals surface area contributed by atoms with Crippen molar-refractivity contribution in [1.29, 1.82) is 0 Å². The SMILES string of the molecule is CC=CC(=O)N(C)Cc1ccc(OCC)cc1. The van der Waals surface area contributed by atoms with Crippen molar-refractivity contribution in [3.63, 3.8) is 0 Å². The quantitative estimate of drug-likeness (QED) is 0.732. The maximum absolute atomic E-state index is 11.5. The van der Waals surface area contributed by atoms with Crippen molar-refractivity contribution in [3.8, 4) is 5.75 Å². The first kappa shape index (κ1) is 13.3. The molecule has 0 bridgehead atoms. The van der Waals surface area contributed by atoms with Crippen LogP contribution in [0.3, 0.4) is 0 Å². The Morgan fingerprint density at radius 2 is 2.00 bits per heavy atom. The summed E-state index contributed by atoms with van der Waals surface area (Å²) in [6.45, 7) is 5.06. The van der Waals surface area contributed by atoms with Crippen molar-refractivity contribution in [1.82, 2.24) is 4.90 Å². The molecule has 0 fully saturated rings. The Balaban J connectivity index is 2.59. The van der Waals surface area contributed by atoms with Crippen molar-refractivity contribution in [2.24, 2.45) is 0 Å². The second-order valence-corrected chi connectivity index (χ2v) is 3.77. The molecule has 1 amide bonds. The second-order valence-electron chi connectivity index (χ2n) is 3.77. The van der Waals surface area contributed by atoms with Crippen LogP contribution in [0.5, 0.6) is 5.75 Å². The molecule has 0 unspecified atom stereocenters. The van der Waals surface area contributed by atoms with Gasteiger partial charge in [-0.15, -0.1) is 0 Å². The maximum atomic E-state index is 11.5. The molecule has 0 saturated carbocycles. The average molecular weight is 233 g/mol. The predicted molar refractivity (Wildman–Crippen MR) is 68.9 cm³/mol. The van der Waals surface area contributed by atoms with Crippen LogP contribution in [0.25, 0.3) is 0 Å². The Kier molecular flexibility index (Phi) is 5.27. The summed E-state index contributed by atoms with van der Waals surface area (Å²) in [4.78, 5) is 13.2. The third-order valence-electron chi connectivity index (χ3n) is 2.34. The van der Waals surface area contributed by atoms with Crippen LogP contribution in [0.2, 0.25) is 0 Å². The molecule has 1 aromatic rings. The highest BCUT2D eigenvalue weighted by Gasteiger charge is 2.05. The van der Waals surface area contributed by atoms with Crippen molar-refractivity contribution in [2.75, 3.05) is 13.7 Å².